The Kier molecular flexibility index (Phi) is 4.51. The van der Waals surface area contributed by atoms with Gasteiger partial charge >= 0.3 is 5.95 Å². The number of H-pyrrole nitrogens is 1. The van der Waals surface area contributed by atoms with E-state index in [1.165, 1.54) is 6.20 Å². The van der Waals surface area contributed by atoms with E-state index in [-0.39, 0.29) is 18.3 Å². The Bertz CT molecular complexity index is 883. The molecular weight excluding hydrogens is 308 g/mol. The minimum Gasteiger partial charge on any atom is -0.390 e. The maximum atomic E-state index is 12.0. The standard InChI is InChI=1S/C17H16N4O3/c22-16(9-8-14-11-19-17(20-14)21(23)24)18-10-13-6-3-5-12-4-1-2-7-15(12)13/h1-7,11H,8-10H2,(H,18,22)(H,19,20). The molecule has 122 valence electrons. The van der Waals surface area contributed by atoms with Gasteiger partial charge in [-0.3, -0.25) is 4.79 Å². The molecule has 0 unspecified atom stereocenters. The molecule has 7 heteroatoms. The van der Waals surface area contributed by atoms with Gasteiger partial charge in [-0.2, -0.15) is 0 Å². The molecule has 0 saturated heterocycles. The lowest BCUT2D eigenvalue weighted by molar-refractivity contribution is -0.393. The summed E-state index contributed by atoms with van der Waals surface area (Å²) in [7, 11) is 0. The first-order chi connectivity index (χ1) is 11.6. The highest BCUT2D eigenvalue weighted by Gasteiger charge is 2.13. The first kappa shape index (κ1) is 15.7. The lowest BCUT2D eigenvalue weighted by Gasteiger charge is -2.08. The number of nitrogens with zero attached hydrogens (tertiary/aromatic N) is 2. The quantitative estimate of drug-likeness (QED) is 0.537. The Labute approximate surface area is 137 Å². The van der Waals surface area contributed by atoms with Crippen molar-refractivity contribution in [3.63, 3.8) is 0 Å². The first-order valence-electron chi connectivity index (χ1n) is 7.55. The van der Waals surface area contributed by atoms with E-state index < -0.39 is 4.92 Å². The van der Waals surface area contributed by atoms with Gasteiger partial charge in [0.05, 0.1) is 0 Å². The number of imidazole rings is 1. The Hall–Kier alpha value is -3.22. The number of fused-ring (bicyclic) bond motifs is 1. The lowest BCUT2D eigenvalue weighted by Crippen LogP contribution is -2.23. The summed E-state index contributed by atoms with van der Waals surface area (Å²) in [6.07, 6.45) is 2.04. The topological polar surface area (TPSA) is 101 Å². The molecule has 0 bridgehead atoms. The normalized spacial score (nSPS) is 10.7. The summed E-state index contributed by atoms with van der Waals surface area (Å²) in [6.45, 7) is 0.445. The van der Waals surface area contributed by atoms with Gasteiger partial charge in [0.25, 0.3) is 0 Å². The molecule has 2 aromatic carbocycles. The molecule has 0 spiro atoms. The van der Waals surface area contributed by atoms with Crippen molar-refractivity contribution in [3.05, 3.63) is 70.0 Å². The lowest BCUT2D eigenvalue weighted by atomic mass is 10.0. The number of hydrogen-bond donors (Lipinski definition) is 2. The van der Waals surface area contributed by atoms with E-state index in [0.29, 0.717) is 18.7 Å². The van der Waals surface area contributed by atoms with E-state index in [1.807, 2.05) is 42.5 Å². The average molecular weight is 324 g/mol. The zero-order valence-corrected chi connectivity index (χ0v) is 12.9. The SMILES string of the molecule is O=C(CCc1c[nH]c([N+](=O)[O-])n1)NCc1cccc2ccccc12. The molecule has 7 nitrogen and oxygen atoms in total. The molecule has 0 aliphatic heterocycles. The predicted octanol–water partition coefficient (Wildman–Crippen LogP) is 2.72. The summed E-state index contributed by atoms with van der Waals surface area (Å²) in [5.74, 6) is -0.422. The zero-order valence-electron chi connectivity index (χ0n) is 12.9. The number of benzene rings is 2. The molecule has 0 fully saturated rings. The van der Waals surface area contributed by atoms with Crippen molar-refractivity contribution >= 4 is 22.6 Å². The molecule has 0 atom stereocenters. The fraction of sp³-hybridized carbons (Fsp3) is 0.176. The monoisotopic (exact) mass is 324 g/mol. The Morgan fingerprint density at radius 2 is 2.00 bits per heavy atom. The molecule has 1 amide bonds. The van der Waals surface area contributed by atoms with Gasteiger partial charge in [0, 0.05) is 19.4 Å². The van der Waals surface area contributed by atoms with Crippen LogP contribution >= 0.6 is 0 Å². The molecule has 1 aromatic heterocycles. The number of carbonyl (C=O) groups excluding carboxylic acids is 1. The summed E-state index contributed by atoms with van der Waals surface area (Å²) < 4.78 is 0. The molecule has 0 radical (unpaired) electrons. The number of aromatic nitrogens is 2. The Balaban J connectivity index is 1.56. The van der Waals surface area contributed by atoms with E-state index in [4.69, 9.17) is 0 Å². The third-order valence-electron chi connectivity index (χ3n) is 3.75. The highest BCUT2D eigenvalue weighted by molar-refractivity contribution is 5.86. The van der Waals surface area contributed by atoms with Crippen molar-refractivity contribution in [2.45, 2.75) is 19.4 Å². The fourth-order valence-corrected chi connectivity index (χ4v) is 2.54. The van der Waals surface area contributed by atoms with Crippen molar-refractivity contribution in [1.82, 2.24) is 15.3 Å². The van der Waals surface area contributed by atoms with Crippen molar-refractivity contribution in [2.75, 3.05) is 0 Å². The highest BCUT2D eigenvalue weighted by Crippen LogP contribution is 2.18. The second kappa shape index (κ2) is 6.91. The van der Waals surface area contributed by atoms with E-state index in [9.17, 15) is 14.9 Å². The smallest absolute Gasteiger partial charge is 0.390 e. The number of carbonyl (C=O) groups is 1. The number of aromatic amines is 1. The van der Waals surface area contributed by atoms with Crippen LogP contribution in [0.3, 0.4) is 0 Å². The van der Waals surface area contributed by atoms with Crippen LogP contribution < -0.4 is 5.32 Å². The largest absolute Gasteiger partial charge is 0.432 e. The summed E-state index contributed by atoms with van der Waals surface area (Å²) in [6, 6.07) is 14.0. The molecule has 3 rings (SSSR count). The molecule has 3 aromatic rings. The summed E-state index contributed by atoms with van der Waals surface area (Å²) in [4.78, 5) is 28.2. The number of rotatable bonds is 6. The van der Waals surface area contributed by atoms with Crippen LogP contribution in [0.15, 0.2) is 48.7 Å². The molecule has 0 aliphatic carbocycles. The first-order valence-corrected chi connectivity index (χ1v) is 7.55. The van der Waals surface area contributed by atoms with E-state index in [1.54, 1.807) is 0 Å². The minimum atomic E-state index is -0.593. The number of nitro groups is 1. The van der Waals surface area contributed by atoms with Crippen molar-refractivity contribution in [3.8, 4) is 0 Å². The van der Waals surface area contributed by atoms with Crippen LogP contribution in [0.2, 0.25) is 0 Å². The molecule has 2 N–H and O–H groups in total. The van der Waals surface area contributed by atoms with Crippen LogP contribution in [0, 0.1) is 10.1 Å². The van der Waals surface area contributed by atoms with Gasteiger partial charge in [0.2, 0.25) is 5.91 Å². The van der Waals surface area contributed by atoms with Gasteiger partial charge in [-0.15, -0.1) is 0 Å². The summed E-state index contributed by atoms with van der Waals surface area (Å²) in [5, 5.41) is 15.7. The maximum Gasteiger partial charge on any atom is 0.432 e. The molecule has 0 aliphatic rings. The van der Waals surface area contributed by atoms with Crippen LogP contribution in [0.5, 0.6) is 0 Å². The van der Waals surface area contributed by atoms with Gasteiger partial charge in [0.15, 0.2) is 5.69 Å². The second-order valence-electron chi connectivity index (χ2n) is 5.39. The number of aryl methyl sites for hydroxylation is 1. The maximum absolute atomic E-state index is 12.0. The van der Waals surface area contributed by atoms with Gasteiger partial charge in [-0.1, -0.05) is 47.4 Å². The van der Waals surface area contributed by atoms with E-state index in [0.717, 1.165) is 16.3 Å². The summed E-state index contributed by atoms with van der Waals surface area (Å²) in [5.41, 5.74) is 1.55. The van der Waals surface area contributed by atoms with Crippen molar-refractivity contribution < 1.29 is 9.72 Å². The Morgan fingerprint density at radius 3 is 2.79 bits per heavy atom. The number of hydrogen-bond acceptors (Lipinski definition) is 4. The zero-order chi connectivity index (χ0) is 16.9. The van der Waals surface area contributed by atoms with Crippen molar-refractivity contribution in [2.24, 2.45) is 0 Å². The molecule has 24 heavy (non-hydrogen) atoms. The van der Waals surface area contributed by atoms with E-state index >= 15 is 0 Å². The third-order valence-corrected chi connectivity index (χ3v) is 3.75. The van der Waals surface area contributed by atoms with Gasteiger partial charge < -0.3 is 15.4 Å². The van der Waals surface area contributed by atoms with Gasteiger partial charge in [-0.05, 0) is 21.3 Å². The average Bonchev–Trinajstić information content (AvgIpc) is 3.07. The van der Waals surface area contributed by atoms with Gasteiger partial charge in [0.1, 0.15) is 6.20 Å². The van der Waals surface area contributed by atoms with Crippen LogP contribution in [-0.4, -0.2) is 20.8 Å². The van der Waals surface area contributed by atoms with Crippen molar-refractivity contribution in [1.29, 1.82) is 0 Å². The Morgan fingerprint density at radius 1 is 1.21 bits per heavy atom. The predicted molar refractivity (Wildman–Crippen MR) is 89.4 cm³/mol. The third kappa shape index (κ3) is 3.57. The van der Waals surface area contributed by atoms with Crippen LogP contribution in [0.25, 0.3) is 10.8 Å². The highest BCUT2D eigenvalue weighted by atomic mass is 16.6. The molecule has 0 saturated carbocycles. The molecule has 1 heterocycles. The van der Waals surface area contributed by atoms with E-state index in [2.05, 4.69) is 15.3 Å². The van der Waals surface area contributed by atoms with Gasteiger partial charge in [-0.25, -0.2) is 4.98 Å². The second-order valence-corrected chi connectivity index (χ2v) is 5.39. The van der Waals surface area contributed by atoms with Crippen LogP contribution in [0.1, 0.15) is 17.7 Å². The number of amides is 1. The number of nitrogens with one attached hydrogen (secondary N) is 2. The fourth-order valence-electron chi connectivity index (χ4n) is 2.54. The summed E-state index contributed by atoms with van der Waals surface area (Å²) >= 11 is 0. The van der Waals surface area contributed by atoms with Crippen LogP contribution in [-0.2, 0) is 17.8 Å². The van der Waals surface area contributed by atoms with Crippen LogP contribution in [0.4, 0.5) is 5.95 Å². The minimum absolute atomic E-state index is 0.117. The molecular formula is C17H16N4O3.